The number of amides is 1. The molecule has 2 aromatic carbocycles. The zero-order chi connectivity index (χ0) is 26.5. The second kappa shape index (κ2) is 8.62. The highest BCUT2D eigenvalue weighted by molar-refractivity contribution is 5.93. The zero-order valence-electron chi connectivity index (χ0n) is 18.9. The molecule has 1 amide bonds. The molecule has 0 radical (unpaired) electrons. The van der Waals surface area contributed by atoms with E-state index in [9.17, 15) is 22.8 Å². The number of pyridine rings is 1. The average Bonchev–Trinajstić information content (AvgIpc) is 3.40. The number of H-pyrrole nitrogens is 1. The molecule has 188 valence electrons. The van der Waals surface area contributed by atoms with Crippen molar-refractivity contribution in [2.45, 2.75) is 6.18 Å². The Labute approximate surface area is 204 Å². The van der Waals surface area contributed by atoms with Crippen LogP contribution in [0.15, 0.2) is 65.6 Å². The van der Waals surface area contributed by atoms with Crippen LogP contribution in [0.3, 0.4) is 0 Å². The molecule has 3 heterocycles. The number of halogens is 4. The number of hydrogen-bond donors (Lipinski definition) is 2. The van der Waals surface area contributed by atoms with E-state index < -0.39 is 35.0 Å². The molecule has 0 saturated heterocycles. The molecule has 0 aliphatic carbocycles. The number of alkyl halides is 3. The highest BCUT2D eigenvalue weighted by Crippen LogP contribution is 2.39. The van der Waals surface area contributed by atoms with Gasteiger partial charge in [-0.15, -0.1) is 0 Å². The topological polar surface area (TPSA) is 121 Å². The van der Waals surface area contributed by atoms with Crippen LogP contribution in [-0.4, -0.2) is 30.0 Å². The van der Waals surface area contributed by atoms with Crippen molar-refractivity contribution in [3.8, 4) is 28.6 Å². The number of aromatic amines is 1. The van der Waals surface area contributed by atoms with Crippen molar-refractivity contribution in [2.24, 2.45) is 12.8 Å². The molecule has 0 bridgehead atoms. The fraction of sp³-hybridized carbons (Fsp3) is 0.0833. The van der Waals surface area contributed by atoms with Crippen LogP contribution >= 0.6 is 0 Å². The molecule has 13 heteroatoms. The lowest BCUT2D eigenvalue weighted by molar-refractivity contribution is -0.142. The Morgan fingerprint density at radius 2 is 1.81 bits per heavy atom. The number of para-hydroxylation sites is 1. The number of primary amides is 1. The van der Waals surface area contributed by atoms with E-state index in [2.05, 4.69) is 15.0 Å². The molecular formula is C24H16F4N6O3. The smallest absolute Gasteiger partial charge is 0.434 e. The minimum Gasteiger partial charge on any atom is -0.452 e. The first kappa shape index (κ1) is 23.8. The van der Waals surface area contributed by atoms with Gasteiger partial charge in [0, 0.05) is 30.6 Å². The molecule has 0 spiro atoms. The minimum absolute atomic E-state index is 0.0399. The third-order valence-electron chi connectivity index (χ3n) is 5.56. The largest absolute Gasteiger partial charge is 0.452 e. The number of nitrogens with zero attached hydrogens (tertiary/aromatic N) is 4. The van der Waals surface area contributed by atoms with Crippen LogP contribution in [-0.2, 0) is 13.2 Å². The summed E-state index contributed by atoms with van der Waals surface area (Å²) in [5.41, 5.74) is 2.86. The summed E-state index contributed by atoms with van der Waals surface area (Å²) in [7, 11) is 1.48. The number of imidazole rings is 2. The van der Waals surface area contributed by atoms with E-state index in [-0.39, 0.29) is 39.7 Å². The molecule has 0 aliphatic heterocycles. The first-order valence-corrected chi connectivity index (χ1v) is 10.6. The summed E-state index contributed by atoms with van der Waals surface area (Å²) in [6, 6.07) is 12.2. The normalized spacial score (nSPS) is 11.7. The predicted molar refractivity (Wildman–Crippen MR) is 124 cm³/mol. The van der Waals surface area contributed by atoms with E-state index in [1.165, 1.54) is 60.3 Å². The van der Waals surface area contributed by atoms with Crippen molar-refractivity contribution < 1.29 is 27.1 Å². The maximum absolute atomic E-state index is 15.2. The fourth-order valence-electron chi connectivity index (χ4n) is 3.94. The van der Waals surface area contributed by atoms with Crippen LogP contribution in [0, 0.1) is 5.82 Å². The number of hydrogen-bond acceptors (Lipinski definition) is 5. The summed E-state index contributed by atoms with van der Waals surface area (Å²) in [6.07, 6.45) is -3.63. The van der Waals surface area contributed by atoms with E-state index in [0.29, 0.717) is 4.57 Å². The van der Waals surface area contributed by atoms with Gasteiger partial charge in [-0.2, -0.15) is 13.2 Å². The summed E-state index contributed by atoms with van der Waals surface area (Å²) in [5.74, 6) is -2.81. The van der Waals surface area contributed by atoms with Crippen LogP contribution in [0.25, 0.3) is 28.2 Å². The number of aromatic nitrogens is 5. The first-order chi connectivity index (χ1) is 17.6. The SMILES string of the molecule is Cn1c(=O)[nH]c2nccc(Oc3ccc(-c4nc(C(N)=O)c(C(F)(F)F)n4-c4ccccc4)cc3F)c21. The van der Waals surface area contributed by atoms with Gasteiger partial charge in [0.05, 0.1) is 0 Å². The van der Waals surface area contributed by atoms with Crippen molar-refractivity contribution in [2.75, 3.05) is 0 Å². The van der Waals surface area contributed by atoms with E-state index >= 15 is 4.39 Å². The number of carbonyl (C=O) groups excluding carboxylic acids is 1. The standard InChI is InChI=1S/C24H16F4N6O3/c1-33-18-16(9-10-30-21(18)32-23(33)36)37-15-8-7-12(11-14(15)25)22-31-17(20(29)35)19(24(26,27)28)34(22)13-5-3-2-4-6-13/h2-11H,1H3,(H2,29,35)(H,30,32,36). The van der Waals surface area contributed by atoms with Gasteiger partial charge in [0.25, 0.3) is 5.91 Å². The van der Waals surface area contributed by atoms with Crippen LogP contribution in [0.5, 0.6) is 11.5 Å². The number of ether oxygens (including phenoxy) is 1. The highest BCUT2D eigenvalue weighted by atomic mass is 19.4. The van der Waals surface area contributed by atoms with Crippen molar-refractivity contribution in [1.29, 1.82) is 0 Å². The van der Waals surface area contributed by atoms with Crippen molar-refractivity contribution in [1.82, 2.24) is 24.1 Å². The Kier molecular flexibility index (Phi) is 5.54. The van der Waals surface area contributed by atoms with Gasteiger partial charge in [-0.3, -0.25) is 18.9 Å². The van der Waals surface area contributed by atoms with E-state index in [1.54, 1.807) is 6.07 Å². The molecule has 0 saturated carbocycles. The van der Waals surface area contributed by atoms with E-state index in [1.807, 2.05) is 0 Å². The number of rotatable bonds is 5. The van der Waals surface area contributed by atoms with Crippen molar-refractivity contribution in [3.05, 3.63) is 88.5 Å². The van der Waals surface area contributed by atoms with Crippen LogP contribution in [0.4, 0.5) is 17.6 Å². The number of benzene rings is 2. The predicted octanol–water partition coefficient (Wildman–Crippen LogP) is 4.16. The third kappa shape index (κ3) is 4.09. The zero-order valence-corrected chi connectivity index (χ0v) is 18.9. The molecule has 0 fully saturated rings. The van der Waals surface area contributed by atoms with Gasteiger partial charge in [0.2, 0.25) is 0 Å². The molecule has 9 nitrogen and oxygen atoms in total. The Bertz CT molecular complexity index is 1720. The summed E-state index contributed by atoms with van der Waals surface area (Å²) in [4.78, 5) is 34.2. The average molecular weight is 512 g/mol. The maximum atomic E-state index is 15.2. The quantitative estimate of drug-likeness (QED) is 0.343. The summed E-state index contributed by atoms with van der Waals surface area (Å²) < 4.78 is 64.9. The first-order valence-electron chi connectivity index (χ1n) is 10.6. The fourth-order valence-corrected chi connectivity index (χ4v) is 3.94. The van der Waals surface area contributed by atoms with Gasteiger partial charge >= 0.3 is 11.9 Å². The lowest BCUT2D eigenvalue weighted by Crippen LogP contribution is -2.21. The molecule has 0 atom stereocenters. The number of nitrogens with one attached hydrogen (secondary N) is 1. The van der Waals surface area contributed by atoms with Crippen LogP contribution in [0.1, 0.15) is 16.2 Å². The molecule has 37 heavy (non-hydrogen) atoms. The summed E-state index contributed by atoms with van der Waals surface area (Å²) in [6.45, 7) is 0. The molecular weight excluding hydrogens is 496 g/mol. The Morgan fingerprint density at radius 1 is 1.08 bits per heavy atom. The molecule has 0 unspecified atom stereocenters. The second-order valence-corrected chi connectivity index (χ2v) is 7.91. The Hall–Kier alpha value is -4.94. The van der Waals surface area contributed by atoms with Gasteiger partial charge in [-0.1, -0.05) is 18.2 Å². The van der Waals surface area contributed by atoms with Gasteiger partial charge < -0.3 is 10.5 Å². The van der Waals surface area contributed by atoms with E-state index in [4.69, 9.17) is 10.5 Å². The van der Waals surface area contributed by atoms with Gasteiger partial charge in [0.1, 0.15) is 11.3 Å². The number of carbonyl (C=O) groups is 1. The van der Waals surface area contributed by atoms with Crippen molar-refractivity contribution >= 4 is 17.1 Å². The Balaban J connectivity index is 1.64. The number of nitrogens with two attached hydrogens (primary N) is 1. The van der Waals surface area contributed by atoms with Gasteiger partial charge in [-0.25, -0.2) is 19.2 Å². The lowest BCUT2D eigenvalue weighted by Gasteiger charge is -2.15. The number of aryl methyl sites for hydroxylation is 1. The van der Waals surface area contributed by atoms with Gasteiger partial charge in [-0.05, 0) is 30.3 Å². The monoisotopic (exact) mass is 512 g/mol. The van der Waals surface area contributed by atoms with Crippen LogP contribution in [0.2, 0.25) is 0 Å². The summed E-state index contributed by atoms with van der Waals surface area (Å²) in [5, 5.41) is 0. The highest BCUT2D eigenvalue weighted by Gasteiger charge is 2.42. The molecule has 5 aromatic rings. The molecule has 0 aliphatic rings. The van der Waals surface area contributed by atoms with E-state index in [0.717, 1.165) is 6.07 Å². The molecule has 3 aromatic heterocycles. The second-order valence-electron chi connectivity index (χ2n) is 7.91. The lowest BCUT2D eigenvalue weighted by atomic mass is 10.2. The van der Waals surface area contributed by atoms with Crippen LogP contribution < -0.4 is 16.2 Å². The maximum Gasteiger partial charge on any atom is 0.434 e. The summed E-state index contributed by atoms with van der Waals surface area (Å²) >= 11 is 0. The minimum atomic E-state index is -4.99. The molecule has 5 rings (SSSR count). The third-order valence-corrected chi connectivity index (χ3v) is 5.56. The number of fused-ring (bicyclic) bond motifs is 1. The molecule has 3 N–H and O–H groups in total. The van der Waals surface area contributed by atoms with Crippen molar-refractivity contribution in [3.63, 3.8) is 0 Å². The van der Waals surface area contributed by atoms with Gasteiger partial charge in [0.15, 0.2) is 34.4 Å². The Morgan fingerprint density at radius 3 is 2.46 bits per heavy atom.